The highest BCUT2D eigenvalue weighted by Crippen LogP contribution is 2.34. The Morgan fingerprint density at radius 3 is 2.40 bits per heavy atom. The summed E-state index contributed by atoms with van der Waals surface area (Å²) in [7, 11) is 0. The van der Waals surface area contributed by atoms with Gasteiger partial charge in [-0.25, -0.2) is 4.39 Å². The number of halogens is 5. The third kappa shape index (κ3) is 2.92. The highest BCUT2D eigenvalue weighted by atomic mass is 79.9. The zero-order valence-electron chi connectivity index (χ0n) is 6.94. The third-order valence-electron chi connectivity index (χ3n) is 1.42. The van der Waals surface area contributed by atoms with Gasteiger partial charge in [0.05, 0.1) is 10.0 Å². The Morgan fingerprint density at radius 2 is 1.93 bits per heavy atom. The van der Waals surface area contributed by atoms with Gasteiger partial charge in [0.25, 0.3) is 0 Å². The van der Waals surface area contributed by atoms with Gasteiger partial charge in [0, 0.05) is 0 Å². The minimum Gasteiger partial charge on any atom is -0.401 e. The average molecular weight is 287 g/mol. The Balaban J connectivity index is 3.21. The van der Waals surface area contributed by atoms with Crippen molar-refractivity contribution in [3.8, 4) is 5.75 Å². The summed E-state index contributed by atoms with van der Waals surface area (Å²) >= 11 is 2.68. The van der Waals surface area contributed by atoms with Crippen molar-refractivity contribution in [1.82, 2.24) is 0 Å². The minimum atomic E-state index is -5.01. The van der Waals surface area contributed by atoms with Crippen LogP contribution in [0, 0.1) is 5.82 Å². The summed E-state index contributed by atoms with van der Waals surface area (Å²) in [4.78, 5) is 10.3. The van der Waals surface area contributed by atoms with Crippen molar-refractivity contribution in [2.45, 2.75) is 6.36 Å². The number of hydrogen-bond donors (Lipinski definition) is 0. The molecule has 15 heavy (non-hydrogen) atoms. The predicted molar refractivity (Wildman–Crippen MR) is 46.2 cm³/mol. The van der Waals surface area contributed by atoms with E-state index in [2.05, 4.69) is 20.7 Å². The fraction of sp³-hybridized carbons (Fsp3) is 0.125. The van der Waals surface area contributed by atoms with Gasteiger partial charge in [-0.3, -0.25) is 4.79 Å². The molecule has 0 saturated heterocycles. The molecule has 1 aromatic rings. The van der Waals surface area contributed by atoms with Crippen LogP contribution in [0.1, 0.15) is 10.4 Å². The molecule has 0 N–H and O–H groups in total. The Kier molecular flexibility index (Phi) is 3.33. The average Bonchev–Trinajstić information content (AvgIpc) is 2.11. The van der Waals surface area contributed by atoms with Crippen LogP contribution in [-0.2, 0) is 0 Å². The molecule has 0 bridgehead atoms. The number of rotatable bonds is 2. The maximum Gasteiger partial charge on any atom is 0.573 e. The van der Waals surface area contributed by atoms with Crippen molar-refractivity contribution in [3.63, 3.8) is 0 Å². The van der Waals surface area contributed by atoms with Gasteiger partial charge < -0.3 is 4.74 Å². The van der Waals surface area contributed by atoms with Crippen LogP contribution in [0.5, 0.6) is 5.75 Å². The second kappa shape index (κ2) is 4.18. The first-order valence-corrected chi connectivity index (χ1v) is 4.33. The van der Waals surface area contributed by atoms with Gasteiger partial charge >= 0.3 is 6.36 Å². The molecule has 0 aliphatic heterocycles. The van der Waals surface area contributed by atoms with Gasteiger partial charge in [-0.15, -0.1) is 13.2 Å². The van der Waals surface area contributed by atoms with E-state index in [-0.39, 0.29) is 10.8 Å². The molecule has 0 fully saturated rings. The van der Waals surface area contributed by atoms with Crippen LogP contribution in [0.3, 0.4) is 0 Å². The van der Waals surface area contributed by atoms with Crippen LogP contribution in [0.4, 0.5) is 17.6 Å². The molecule has 0 spiro atoms. The number of ether oxygens (including phenoxy) is 1. The second-order valence-electron chi connectivity index (χ2n) is 2.45. The van der Waals surface area contributed by atoms with Crippen LogP contribution in [0.15, 0.2) is 16.6 Å². The summed E-state index contributed by atoms with van der Waals surface area (Å²) in [5, 5.41) is 0. The molecule has 0 saturated carbocycles. The van der Waals surface area contributed by atoms with E-state index < -0.39 is 23.5 Å². The van der Waals surface area contributed by atoms with E-state index in [0.29, 0.717) is 0 Å². The molecule has 82 valence electrons. The maximum absolute atomic E-state index is 13.2. The normalized spacial score (nSPS) is 11.3. The standard InChI is InChI=1S/C8H3BrF4O2/c9-5-2-1-4(3-14)6(10)7(5)15-8(11,12)13/h1-3H. The smallest absolute Gasteiger partial charge is 0.401 e. The molecule has 0 heterocycles. The van der Waals surface area contributed by atoms with Crippen LogP contribution < -0.4 is 4.74 Å². The highest BCUT2D eigenvalue weighted by Gasteiger charge is 2.33. The molecule has 0 amide bonds. The molecule has 0 aromatic heterocycles. The van der Waals surface area contributed by atoms with Crippen molar-refractivity contribution in [2.24, 2.45) is 0 Å². The summed E-state index contributed by atoms with van der Waals surface area (Å²) in [5.74, 6) is -2.40. The zero-order valence-corrected chi connectivity index (χ0v) is 8.52. The molecule has 2 nitrogen and oxygen atoms in total. The largest absolute Gasteiger partial charge is 0.573 e. The van der Waals surface area contributed by atoms with Gasteiger partial charge in [0.1, 0.15) is 0 Å². The van der Waals surface area contributed by atoms with Crippen molar-refractivity contribution in [2.75, 3.05) is 0 Å². The molecule has 0 aliphatic rings. The lowest BCUT2D eigenvalue weighted by molar-refractivity contribution is -0.275. The number of aldehydes is 1. The number of carbonyl (C=O) groups excluding carboxylic acids is 1. The second-order valence-corrected chi connectivity index (χ2v) is 3.30. The topological polar surface area (TPSA) is 26.3 Å². The van der Waals surface area contributed by atoms with E-state index in [9.17, 15) is 22.4 Å². The van der Waals surface area contributed by atoms with E-state index in [1.807, 2.05) is 0 Å². The monoisotopic (exact) mass is 286 g/mol. The van der Waals surface area contributed by atoms with Crippen molar-refractivity contribution < 1.29 is 27.1 Å². The molecule has 0 aliphatic carbocycles. The third-order valence-corrected chi connectivity index (χ3v) is 2.05. The summed E-state index contributed by atoms with van der Waals surface area (Å²) < 4.78 is 51.9. The van der Waals surface area contributed by atoms with Crippen LogP contribution in [0.25, 0.3) is 0 Å². The predicted octanol–water partition coefficient (Wildman–Crippen LogP) is 3.30. The Bertz CT molecular complexity index is 389. The van der Waals surface area contributed by atoms with Gasteiger partial charge in [0.15, 0.2) is 17.9 Å². The molecule has 7 heteroatoms. The first kappa shape index (κ1) is 12.0. The van der Waals surface area contributed by atoms with Crippen LogP contribution in [0.2, 0.25) is 0 Å². The van der Waals surface area contributed by atoms with Crippen LogP contribution in [-0.4, -0.2) is 12.6 Å². The molecule has 0 radical (unpaired) electrons. The van der Waals surface area contributed by atoms with Crippen LogP contribution >= 0.6 is 15.9 Å². The molecule has 0 unspecified atom stereocenters. The summed E-state index contributed by atoms with van der Waals surface area (Å²) in [6.45, 7) is 0. The lowest BCUT2D eigenvalue weighted by Gasteiger charge is -2.11. The SMILES string of the molecule is O=Cc1ccc(Br)c(OC(F)(F)F)c1F. The van der Waals surface area contributed by atoms with E-state index >= 15 is 0 Å². The van der Waals surface area contributed by atoms with E-state index in [4.69, 9.17) is 0 Å². The first-order chi connectivity index (χ1) is 6.85. The molecular formula is C8H3BrF4O2. The van der Waals surface area contributed by atoms with E-state index in [1.54, 1.807) is 0 Å². The van der Waals surface area contributed by atoms with E-state index in [0.717, 1.165) is 12.1 Å². The minimum absolute atomic E-state index is 0.102. The van der Waals surface area contributed by atoms with E-state index in [1.165, 1.54) is 0 Å². The summed E-state index contributed by atoms with van der Waals surface area (Å²) in [6, 6.07) is 2.13. The number of carbonyl (C=O) groups is 1. The summed E-state index contributed by atoms with van der Waals surface area (Å²) in [5.41, 5.74) is -0.502. The molecular weight excluding hydrogens is 284 g/mol. The summed E-state index contributed by atoms with van der Waals surface area (Å²) in [6.07, 6.45) is -4.91. The fourth-order valence-corrected chi connectivity index (χ4v) is 1.24. The quantitative estimate of drug-likeness (QED) is 0.616. The lowest BCUT2D eigenvalue weighted by atomic mass is 10.2. The number of alkyl halides is 3. The van der Waals surface area contributed by atoms with Crippen molar-refractivity contribution >= 4 is 22.2 Å². The number of benzene rings is 1. The number of hydrogen-bond acceptors (Lipinski definition) is 2. The fourth-order valence-electron chi connectivity index (χ4n) is 0.848. The Labute approximate surface area is 90.0 Å². The molecule has 1 aromatic carbocycles. The van der Waals surface area contributed by atoms with Crippen molar-refractivity contribution in [1.29, 1.82) is 0 Å². The first-order valence-electron chi connectivity index (χ1n) is 3.54. The Morgan fingerprint density at radius 1 is 1.33 bits per heavy atom. The molecule has 0 atom stereocenters. The van der Waals surface area contributed by atoms with Gasteiger partial charge in [-0.2, -0.15) is 0 Å². The van der Waals surface area contributed by atoms with Gasteiger partial charge in [-0.1, -0.05) is 0 Å². The van der Waals surface area contributed by atoms with Crippen molar-refractivity contribution in [3.05, 3.63) is 28.0 Å². The van der Waals surface area contributed by atoms with Gasteiger partial charge in [0.2, 0.25) is 0 Å². The zero-order chi connectivity index (χ0) is 11.6. The van der Waals surface area contributed by atoms with Gasteiger partial charge in [-0.05, 0) is 28.1 Å². The molecule has 1 rings (SSSR count). The maximum atomic E-state index is 13.2. The lowest BCUT2D eigenvalue weighted by Crippen LogP contribution is -2.18. The Hall–Kier alpha value is -1.11. The highest BCUT2D eigenvalue weighted by molar-refractivity contribution is 9.10.